The number of Topliss-reactive ketones (excluding diaryl/α,β-unsaturated/α-hetero) is 1. The van der Waals surface area contributed by atoms with Gasteiger partial charge >= 0.3 is 5.97 Å². The number of aliphatic carboxylic acids is 1. The van der Waals surface area contributed by atoms with E-state index in [-0.39, 0.29) is 6.54 Å². The van der Waals surface area contributed by atoms with Crippen LogP contribution >= 0.6 is 31.9 Å². The first-order valence-electron chi connectivity index (χ1n) is 8.54. The number of fused-ring (bicyclic) bond motifs is 1. The minimum Gasteiger partial charge on any atom is -0.475 e. The molecule has 0 aliphatic carbocycles. The van der Waals surface area contributed by atoms with Gasteiger partial charge in [-0.2, -0.15) is 0 Å². The summed E-state index contributed by atoms with van der Waals surface area (Å²) >= 11 is 6.94. The molecule has 0 radical (unpaired) electrons. The van der Waals surface area contributed by atoms with Crippen LogP contribution in [-0.2, 0) is 9.59 Å². The lowest BCUT2D eigenvalue weighted by Gasteiger charge is -2.13. The summed E-state index contributed by atoms with van der Waals surface area (Å²) in [6.45, 7) is 3.99. The average molecular weight is 510 g/mol. The Morgan fingerprint density at radius 1 is 1.18 bits per heavy atom. The summed E-state index contributed by atoms with van der Waals surface area (Å²) in [5, 5.41) is 12.6. The molecule has 0 unspecified atom stereocenters. The van der Waals surface area contributed by atoms with Crippen LogP contribution < -0.4 is 10.1 Å². The molecule has 0 aliphatic heterocycles. The number of carboxylic acids is 1. The van der Waals surface area contributed by atoms with E-state index >= 15 is 0 Å². The largest absolute Gasteiger partial charge is 0.475 e. The van der Waals surface area contributed by atoms with Gasteiger partial charge in [0.1, 0.15) is 5.75 Å². The predicted molar refractivity (Wildman–Crippen MR) is 115 cm³/mol. The molecule has 8 heteroatoms. The Kier molecular flexibility index (Phi) is 6.10. The van der Waals surface area contributed by atoms with E-state index < -0.39 is 11.8 Å². The predicted octanol–water partition coefficient (Wildman–Crippen LogP) is 5.67. The highest BCUT2D eigenvalue weighted by Gasteiger charge is 2.15. The smallest absolute Gasteiger partial charge is 0.374 e. The topological polar surface area (TPSA) is 91.4 Å². The van der Waals surface area contributed by atoms with Crippen molar-refractivity contribution < 1.29 is 19.4 Å². The molecule has 0 bridgehead atoms. The fourth-order valence-corrected chi connectivity index (χ4v) is 4.15. The number of anilines is 1. The summed E-state index contributed by atoms with van der Waals surface area (Å²) in [7, 11) is 0. The third-order valence-electron chi connectivity index (χ3n) is 4.22. The number of H-pyrrole nitrogens is 1. The van der Waals surface area contributed by atoms with Crippen LogP contribution in [0.5, 0.6) is 11.5 Å². The number of carbonyl (C=O) groups is 2. The highest BCUT2D eigenvalue weighted by atomic mass is 79.9. The fourth-order valence-electron chi connectivity index (χ4n) is 2.80. The first-order chi connectivity index (χ1) is 13.3. The minimum absolute atomic E-state index is 0.295. The van der Waals surface area contributed by atoms with Gasteiger partial charge in [0.15, 0.2) is 5.75 Å². The number of rotatable bonds is 7. The zero-order chi connectivity index (χ0) is 20.4. The normalized spacial score (nSPS) is 11.0. The van der Waals surface area contributed by atoms with Crippen LogP contribution in [0.2, 0.25) is 0 Å². The van der Waals surface area contributed by atoms with Crippen molar-refractivity contribution in [1.29, 1.82) is 0 Å². The molecule has 0 fully saturated rings. The molecular weight excluding hydrogens is 492 g/mol. The average Bonchev–Trinajstić information content (AvgIpc) is 3.06. The Balaban J connectivity index is 1.84. The van der Waals surface area contributed by atoms with Crippen molar-refractivity contribution in [2.45, 2.75) is 19.8 Å². The van der Waals surface area contributed by atoms with Crippen molar-refractivity contribution in [2.75, 3.05) is 11.9 Å². The summed E-state index contributed by atoms with van der Waals surface area (Å²) < 4.78 is 7.39. The number of ketones is 1. The monoisotopic (exact) mass is 508 g/mol. The molecule has 0 aliphatic rings. The van der Waals surface area contributed by atoms with Crippen LogP contribution in [0.25, 0.3) is 10.9 Å². The van der Waals surface area contributed by atoms with Gasteiger partial charge in [0.2, 0.25) is 0 Å². The van der Waals surface area contributed by atoms with E-state index in [0.717, 1.165) is 10.9 Å². The summed E-state index contributed by atoms with van der Waals surface area (Å²) in [6.07, 6.45) is 2.02. The quantitative estimate of drug-likeness (QED) is 0.357. The third kappa shape index (κ3) is 4.39. The van der Waals surface area contributed by atoms with Crippen LogP contribution in [0, 0.1) is 0 Å². The maximum atomic E-state index is 11.2. The van der Waals surface area contributed by atoms with Crippen molar-refractivity contribution in [2.24, 2.45) is 0 Å². The zero-order valence-electron chi connectivity index (χ0n) is 15.2. The Labute approximate surface area is 178 Å². The Morgan fingerprint density at radius 3 is 2.46 bits per heavy atom. The maximum Gasteiger partial charge on any atom is 0.374 e. The molecule has 1 aromatic heterocycles. The number of hydrogen-bond acceptors (Lipinski definition) is 4. The fraction of sp³-hybridized carbons (Fsp3) is 0.200. The van der Waals surface area contributed by atoms with Gasteiger partial charge in [0, 0.05) is 22.8 Å². The van der Waals surface area contributed by atoms with Crippen LogP contribution in [0.15, 0.2) is 45.5 Å². The highest BCUT2D eigenvalue weighted by Crippen LogP contribution is 2.40. The van der Waals surface area contributed by atoms with Gasteiger partial charge in [-0.15, -0.1) is 0 Å². The first kappa shape index (κ1) is 20.4. The third-order valence-corrected chi connectivity index (χ3v) is 5.40. The van der Waals surface area contributed by atoms with Gasteiger partial charge in [-0.05, 0) is 73.7 Å². The standard InChI is InChI=1S/C20H18Br2N2O4/c1-10(2)14-8-24-17-4-3-12(7-13(14)17)28-19-15(21)5-11(6-16(19)22)23-9-18(25)20(26)27/h3-8,10,23-24H,9H2,1-2H3,(H,26,27). The molecule has 3 rings (SSSR count). The van der Waals surface area contributed by atoms with Crippen molar-refractivity contribution in [1.82, 2.24) is 4.98 Å². The number of carbonyl (C=O) groups excluding carboxylic acids is 1. The molecule has 0 amide bonds. The van der Waals surface area contributed by atoms with Gasteiger partial charge in [0.25, 0.3) is 5.78 Å². The number of aromatic amines is 1. The second kappa shape index (κ2) is 8.36. The molecule has 0 saturated carbocycles. The molecule has 1 heterocycles. The van der Waals surface area contributed by atoms with Gasteiger partial charge < -0.3 is 20.1 Å². The number of nitrogens with one attached hydrogen (secondary N) is 2. The van der Waals surface area contributed by atoms with E-state index in [1.54, 1.807) is 12.1 Å². The lowest BCUT2D eigenvalue weighted by molar-refractivity contribution is -0.148. The summed E-state index contributed by atoms with van der Waals surface area (Å²) in [5.41, 5.74) is 2.86. The van der Waals surface area contributed by atoms with Gasteiger partial charge in [-0.3, -0.25) is 4.79 Å². The number of carboxylic acid groups (broad SMARTS) is 1. The molecular formula is C20H18Br2N2O4. The van der Waals surface area contributed by atoms with E-state index in [0.29, 0.717) is 32.0 Å². The molecule has 2 aromatic carbocycles. The number of aromatic nitrogens is 1. The van der Waals surface area contributed by atoms with Crippen molar-refractivity contribution in [3.05, 3.63) is 51.0 Å². The van der Waals surface area contributed by atoms with Crippen molar-refractivity contribution in [3.63, 3.8) is 0 Å². The van der Waals surface area contributed by atoms with Gasteiger partial charge in [-0.1, -0.05) is 13.8 Å². The van der Waals surface area contributed by atoms with Crippen LogP contribution in [0.3, 0.4) is 0 Å². The van der Waals surface area contributed by atoms with Crippen molar-refractivity contribution in [3.8, 4) is 11.5 Å². The lowest BCUT2D eigenvalue weighted by Crippen LogP contribution is -2.22. The summed E-state index contributed by atoms with van der Waals surface area (Å²) in [4.78, 5) is 25.1. The second-order valence-corrected chi connectivity index (χ2v) is 8.27. The summed E-state index contributed by atoms with van der Waals surface area (Å²) in [5.74, 6) is -0.713. The zero-order valence-corrected chi connectivity index (χ0v) is 18.3. The number of hydrogen-bond donors (Lipinski definition) is 3. The van der Waals surface area contributed by atoms with E-state index in [1.165, 1.54) is 5.56 Å². The first-order valence-corrected chi connectivity index (χ1v) is 10.1. The molecule has 3 N–H and O–H groups in total. The van der Waals surface area contributed by atoms with E-state index in [4.69, 9.17) is 9.84 Å². The number of ether oxygens (including phenoxy) is 1. The van der Waals surface area contributed by atoms with E-state index in [1.807, 2.05) is 24.4 Å². The molecule has 3 aromatic rings. The molecule has 0 spiro atoms. The Bertz CT molecular complexity index is 1040. The Hall–Kier alpha value is -2.32. The van der Waals surface area contributed by atoms with E-state index in [2.05, 4.69) is 56.0 Å². The lowest BCUT2D eigenvalue weighted by atomic mass is 10.0. The maximum absolute atomic E-state index is 11.2. The number of benzene rings is 2. The van der Waals surface area contributed by atoms with Crippen LogP contribution in [0.4, 0.5) is 5.69 Å². The Morgan fingerprint density at radius 2 is 1.86 bits per heavy atom. The van der Waals surface area contributed by atoms with Crippen LogP contribution in [-0.4, -0.2) is 28.4 Å². The molecule has 0 atom stereocenters. The second-order valence-electron chi connectivity index (χ2n) is 6.56. The van der Waals surface area contributed by atoms with Crippen molar-refractivity contribution >= 4 is 60.2 Å². The highest BCUT2D eigenvalue weighted by molar-refractivity contribution is 9.11. The van der Waals surface area contributed by atoms with Gasteiger partial charge in [0.05, 0.1) is 15.5 Å². The molecule has 146 valence electrons. The molecule has 28 heavy (non-hydrogen) atoms. The molecule has 6 nitrogen and oxygen atoms in total. The summed E-state index contributed by atoms with van der Waals surface area (Å²) in [6, 6.07) is 9.32. The van der Waals surface area contributed by atoms with E-state index in [9.17, 15) is 9.59 Å². The number of halogens is 2. The van der Waals surface area contributed by atoms with Gasteiger partial charge in [-0.25, -0.2) is 4.79 Å². The SMILES string of the molecule is CC(C)c1c[nH]c2ccc(Oc3c(Br)cc(NCC(=O)C(=O)O)cc3Br)cc12. The van der Waals surface area contributed by atoms with Crippen LogP contribution in [0.1, 0.15) is 25.3 Å². The minimum atomic E-state index is -1.47. The molecule has 0 saturated heterocycles.